The van der Waals surface area contributed by atoms with E-state index in [2.05, 4.69) is 10.2 Å². The van der Waals surface area contributed by atoms with Gasteiger partial charge in [-0.1, -0.05) is 12.1 Å². The lowest BCUT2D eigenvalue weighted by atomic mass is 10.0. The van der Waals surface area contributed by atoms with Crippen molar-refractivity contribution in [3.05, 3.63) is 35.7 Å². The lowest BCUT2D eigenvalue weighted by molar-refractivity contribution is -0.130. The predicted molar refractivity (Wildman–Crippen MR) is 94.8 cm³/mol. The number of H-pyrrole nitrogens is 1. The third kappa shape index (κ3) is 3.55. The number of para-hydroxylation sites is 1. The number of nitrogen functional groups attached to an aromatic ring is 1. The average molecular weight is 344 g/mol. The van der Waals surface area contributed by atoms with Crippen LogP contribution >= 0.6 is 0 Å². The van der Waals surface area contributed by atoms with Crippen molar-refractivity contribution in [1.29, 1.82) is 0 Å². The number of anilines is 1. The molecule has 7 heteroatoms. The molecule has 1 aliphatic rings. The molecule has 25 heavy (non-hydrogen) atoms. The molecule has 0 radical (unpaired) electrons. The Morgan fingerprint density at radius 1 is 1.40 bits per heavy atom. The molecule has 1 aliphatic heterocycles. The van der Waals surface area contributed by atoms with Crippen LogP contribution in [-0.4, -0.2) is 48.3 Å². The van der Waals surface area contributed by atoms with Gasteiger partial charge in [0, 0.05) is 25.4 Å². The van der Waals surface area contributed by atoms with Gasteiger partial charge in [0.2, 0.25) is 5.91 Å². The van der Waals surface area contributed by atoms with Crippen LogP contribution < -0.4 is 15.2 Å². The molecule has 1 amide bonds. The van der Waals surface area contributed by atoms with Gasteiger partial charge in [0.05, 0.1) is 31.8 Å². The van der Waals surface area contributed by atoms with Crippen molar-refractivity contribution in [2.45, 2.75) is 25.2 Å². The van der Waals surface area contributed by atoms with Crippen LogP contribution in [0.4, 0.5) is 5.69 Å². The number of aromatic amines is 1. The predicted octanol–water partition coefficient (Wildman–Crippen LogP) is 1.96. The number of carbonyl (C=O) groups excluding carboxylic acids is 1. The SMILES string of the molecule is COc1cccc(CCC(=O)N2CCC(c3[nH]ncc3N)C2)c1OC. The number of carbonyl (C=O) groups is 1. The molecule has 1 aromatic carbocycles. The molecule has 0 aliphatic carbocycles. The first-order chi connectivity index (χ1) is 12.1. The summed E-state index contributed by atoms with van der Waals surface area (Å²) in [6, 6.07) is 5.73. The Bertz CT molecular complexity index is 744. The number of benzene rings is 1. The van der Waals surface area contributed by atoms with Gasteiger partial charge >= 0.3 is 0 Å². The molecular weight excluding hydrogens is 320 g/mol. The number of rotatable bonds is 6. The van der Waals surface area contributed by atoms with Crippen molar-refractivity contribution in [3.63, 3.8) is 0 Å². The number of aromatic nitrogens is 2. The van der Waals surface area contributed by atoms with E-state index >= 15 is 0 Å². The molecule has 0 spiro atoms. The molecule has 7 nitrogen and oxygen atoms in total. The molecule has 3 rings (SSSR count). The number of ether oxygens (including phenoxy) is 2. The number of nitrogens with one attached hydrogen (secondary N) is 1. The van der Waals surface area contributed by atoms with Gasteiger partial charge in [0.25, 0.3) is 0 Å². The third-order valence-corrected chi connectivity index (χ3v) is 4.74. The van der Waals surface area contributed by atoms with Crippen molar-refractivity contribution in [2.24, 2.45) is 0 Å². The Hall–Kier alpha value is -2.70. The minimum Gasteiger partial charge on any atom is -0.493 e. The topological polar surface area (TPSA) is 93.5 Å². The maximum absolute atomic E-state index is 12.6. The monoisotopic (exact) mass is 344 g/mol. The van der Waals surface area contributed by atoms with Crippen LogP contribution in [0.5, 0.6) is 11.5 Å². The van der Waals surface area contributed by atoms with Crippen molar-refractivity contribution < 1.29 is 14.3 Å². The second kappa shape index (κ2) is 7.46. The zero-order valence-electron chi connectivity index (χ0n) is 14.6. The van der Waals surface area contributed by atoms with E-state index in [1.54, 1.807) is 20.4 Å². The van der Waals surface area contributed by atoms with E-state index in [0.29, 0.717) is 36.6 Å². The van der Waals surface area contributed by atoms with Crippen LogP contribution in [0.1, 0.15) is 30.0 Å². The average Bonchev–Trinajstić information content (AvgIpc) is 3.27. The third-order valence-electron chi connectivity index (χ3n) is 4.74. The number of nitrogens with zero attached hydrogens (tertiary/aromatic N) is 2. The van der Waals surface area contributed by atoms with Gasteiger partial charge in [-0.3, -0.25) is 9.89 Å². The van der Waals surface area contributed by atoms with E-state index in [-0.39, 0.29) is 11.8 Å². The van der Waals surface area contributed by atoms with Gasteiger partial charge < -0.3 is 20.1 Å². The first-order valence-electron chi connectivity index (χ1n) is 8.40. The molecule has 134 valence electrons. The molecule has 2 heterocycles. The molecule has 0 bridgehead atoms. The molecule has 0 saturated carbocycles. The highest BCUT2D eigenvalue weighted by molar-refractivity contribution is 5.77. The summed E-state index contributed by atoms with van der Waals surface area (Å²) in [5.41, 5.74) is 8.49. The fourth-order valence-electron chi connectivity index (χ4n) is 3.41. The van der Waals surface area contributed by atoms with Gasteiger partial charge in [-0.15, -0.1) is 0 Å². The van der Waals surface area contributed by atoms with Crippen LogP contribution in [0, 0.1) is 0 Å². The van der Waals surface area contributed by atoms with Crippen molar-refractivity contribution in [1.82, 2.24) is 15.1 Å². The first kappa shape index (κ1) is 17.1. The second-order valence-corrected chi connectivity index (χ2v) is 6.22. The van der Waals surface area contributed by atoms with Gasteiger partial charge in [-0.05, 0) is 24.5 Å². The summed E-state index contributed by atoms with van der Waals surface area (Å²) in [6.45, 7) is 1.43. The smallest absolute Gasteiger partial charge is 0.222 e. The summed E-state index contributed by atoms with van der Waals surface area (Å²) < 4.78 is 10.7. The summed E-state index contributed by atoms with van der Waals surface area (Å²) in [6.07, 6.45) is 3.58. The van der Waals surface area contributed by atoms with Crippen LogP contribution in [0.3, 0.4) is 0 Å². The molecular formula is C18H24N4O3. The number of hydrogen-bond acceptors (Lipinski definition) is 5. The van der Waals surface area contributed by atoms with Gasteiger partial charge in [-0.2, -0.15) is 5.10 Å². The molecule has 1 atom stereocenters. The quantitative estimate of drug-likeness (QED) is 0.835. The fourth-order valence-corrected chi connectivity index (χ4v) is 3.41. The van der Waals surface area contributed by atoms with Crippen molar-refractivity contribution >= 4 is 11.6 Å². The van der Waals surface area contributed by atoms with E-state index < -0.39 is 0 Å². The van der Waals surface area contributed by atoms with Crippen molar-refractivity contribution in [2.75, 3.05) is 33.0 Å². The Morgan fingerprint density at radius 3 is 2.92 bits per heavy atom. The zero-order chi connectivity index (χ0) is 17.8. The molecule has 1 unspecified atom stereocenters. The molecule has 2 aromatic rings. The molecule has 1 aromatic heterocycles. The van der Waals surface area contributed by atoms with Crippen LogP contribution in [0.15, 0.2) is 24.4 Å². The number of aryl methyl sites for hydroxylation is 1. The first-order valence-corrected chi connectivity index (χ1v) is 8.40. The van der Waals surface area contributed by atoms with E-state index in [9.17, 15) is 4.79 Å². The maximum Gasteiger partial charge on any atom is 0.222 e. The Labute approximate surface area is 147 Å². The summed E-state index contributed by atoms with van der Waals surface area (Å²) in [4.78, 5) is 14.5. The lowest BCUT2D eigenvalue weighted by Gasteiger charge is -2.17. The second-order valence-electron chi connectivity index (χ2n) is 6.22. The molecule has 1 fully saturated rings. The largest absolute Gasteiger partial charge is 0.493 e. The number of likely N-dealkylation sites (tertiary alicyclic amines) is 1. The lowest BCUT2D eigenvalue weighted by Crippen LogP contribution is -2.28. The number of hydrogen-bond donors (Lipinski definition) is 2. The van der Waals surface area contributed by atoms with Crippen LogP contribution in [-0.2, 0) is 11.2 Å². The molecule has 3 N–H and O–H groups in total. The fraction of sp³-hybridized carbons (Fsp3) is 0.444. The highest BCUT2D eigenvalue weighted by atomic mass is 16.5. The van der Waals surface area contributed by atoms with E-state index in [1.807, 2.05) is 23.1 Å². The summed E-state index contributed by atoms with van der Waals surface area (Å²) in [5.74, 6) is 1.76. The van der Waals surface area contributed by atoms with E-state index in [1.165, 1.54) is 0 Å². The maximum atomic E-state index is 12.6. The Kier molecular flexibility index (Phi) is 5.11. The number of methoxy groups -OCH3 is 2. The van der Waals surface area contributed by atoms with E-state index in [4.69, 9.17) is 15.2 Å². The van der Waals surface area contributed by atoms with Crippen LogP contribution in [0.2, 0.25) is 0 Å². The minimum absolute atomic E-state index is 0.144. The summed E-state index contributed by atoms with van der Waals surface area (Å²) >= 11 is 0. The zero-order valence-corrected chi connectivity index (χ0v) is 14.6. The van der Waals surface area contributed by atoms with E-state index in [0.717, 1.165) is 24.2 Å². The van der Waals surface area contributed by atoms with Gasteiger partial charge in [-0.25, -0.2) is 0 Å². The van der Waals surface area contributed by atoms with Gasteiger partial charge in [0.1, 0.15) is 0 Å². The number of nitrogens with two attached hydrogens (primary N) is 1. The van der Waals surface area contributed by atoms with Gasteiger partial charge in [0.15, 0.2) is 11.5 Å². The van der Waals surface area contributed by atoms with Crippen LogP contribution in [0.25, 0.3) is 0 Å². The molecule has 1 saturated heterocycles. The summed E-state index contributed by atoms with van der Waals surface area (Å²) in [5, 5.41) is 6.92. The highest BCUT2D eigenvalue weighted by Gasteiger charge is 2.29. The highest BCUT2D eigenvalue weighted by Crippen LogP contribution is 2.32. The number of amides is 1. The Morgan fingerprint density at radius 2 is 2.24 bits per heavy atom. The Balaban J connectivity index is 1.60. The van der Waals surface area contributed by atoms with Crippen molar-refractivity contribution in [3.8, 4) is 11.5 Å². The minimum atomic E-state index is 0.144. The normalized spacial score (nSPS) is 16.9. The summed E-state index contributed by atoms with van der Waals surface area (Å²) in [7, 11) is 3.22. The standard InChI is InChI=1S/C18H24N4O3/c1-24-15-5-3-4-12(18(15)25-2)6-7-16(23)22-9-8-13(11-22)17-14(19)10-20-21-17/h3-5,10,13H,6-9,11,19H2,1-2H3,(H,20,21).